The van der Waals surface area contributed by atoms with Gasteiger partial charge in [-0.3, -0.25) is 4.79 Å². The third-order valence-corrected chi connectivity index (χ3v) is 3.99. The molecule has 2 aromatic carbocycles. The Bertz CT molecular complexity index is 644. The van der Waals surface area contributed by atoms with Gasteiger partial charge in [0.2, 0.25) is 5.91 Å². The molecule has 0 saturated carbocycles. The lowest BCUT2D eigenvalue weighted by molar-refractivity contribution is 0.1000. The Hall–Kier alpha value is -2.37. The van der Waals surface area contributed by atoms with Crippen molar-refractivity contribution in [2.45, 2.75) is 31.9 Å². The number of benzene rings is 2. The molecule has 1 amide bonds. The van der Waals surface area contributed by atoms with Crippen LogP contribution >= 0.6 is 0 Å². The minimum atomic E-state index is -0.558. The highest BCUT2D eigenvalue weighted by atomic mass is 16.5. The first-order chi connectivity index (χ1) is 12.0. The smallest absolute Gasteiger partial charge is 0.248 e. The number of para-hydroxylation sites is 1. The predicted molar refractivity (Wildman–Crippen MR) is 98.7 cm³/mol. The van der Waals surface area contributed by atoms with E-state index in [0.717, 1.165) is 24.2 Å². The fourth-order valence-electron chi connectivity index (χ4n) is 2.43. The van der Waals surface area contributed by atoms with E-state index in [1.54, 1.807) is 12.1 Å². The Morgan fingerprint density at radius 1 is 1.16 bits per heavy atom. The van der Waals surface area contributed by atoms with E-state index in [0.29, 0.717) is 12.1 Å². The number of aliphatic hydroxyl groups excluding tert-OH is 1. The molecule has 2 rings (SSSR count). The van der Waals surface area contributed by atoms with Crippen molar-refractivity contribution in [3.05, 3.63) is 65.7 Å². The minimum Gasteiger partial charge on any atom is -0.491 e. The SMILES string of the molecule is C[C@H](CCc1ccc(C(N)=O)cc1)NCC(O)COc1ccccc1. The van der Waals surface area contributed by atoms with Crippen LogP contribution in [0.5, 0.6) is 5.75 Å². The first kappa shape index (κ1) is 19.0. The zero-order chi connectivity index (χ0) is 18.1. The molecule has 0 aliphatic heterocycles. The second-order valence-electron chi connectivity index (χ2n) is 6.19. The highest BCUT2D eigenvalue weighted by molar-refractivity contribution is 5.92. The predicted octanol–water partition coefficient (Wildman–Crippen LogP) is 2.14. The van der Waals surface area contributed by atoms with Crippen LogP contribution in [-0.2, 0) is 6.42 Å². The quantitative estimate of drug-likeness (QED) is 0.617. The van der Waals surface area contributed by atoms with Gasteiger partial charge in [0.1, 0.15) is 18.5 Å². The number of carbonyl (C=O) groups is 1. The zero-order valence-electron chi connectivity index (χ0n) is 14.5. The fourth-order valence-corrected chi connectivity index (χ4v) is 2.43. The minimum absolute atomic E-state index is 0.262. The van der Waals surface area contributed by atoms with Crippen molar-refractivity contribution in [1.29, 1.82) is 0 Å². The van der Waals surface area contributed by atoms with Crippen molar-refractivity contribution >= 4 is 5.91 Å². The molecule has 2 aromatic rings. The summed E-state index contributed by atoms with van der Waals surface area (Å²) in [5.41, 5.74) is 6.92. The molecule has 134 valence electrons. The standard InChI is InChI=1S/C20H26N2O3/c1-15(7-8-16-9-11-17(12-10-16)20(21)24)22-13-18(23)14-25-19-5-3-2-4-6-19/h2-6,9-12,15,18,22-23H,7-8,13-14H2,1H3,(H2,21,24)/t15-,18?/m1/s1. The zero-order valence-corrected chi connectivity index (χ0v) is 14.5. The Morgan fingerprint density at radius 2 is 1.84 bits per heavy atom. The first-order valence-electron chi connectivity index (χ1n) is 8.52. The molecule has 4 N–H and O–H groups in total. The molecule has 0 radical (unpaired) electrons. The molecule has 1 unspecified atom stereocenters. The van der Waals surface area contributed by atoms with Crippen LogP contribution in [0.4, 0.5) is 0 Å². The van der Waals surface area contributed by atoms with E-state index >= 15 is 0 Å². The first-order valence-corrected chi connectivity index (χ1v) is 8.52. The number of aliphatic hydroxyl groups is 1. The fraction of sp³-hybridized carbons (Fsp3) is 0.350. The molecule has 0 fully saturated rings. The number of nitrogens with one attached hydrogen (secondary N) is 1. The van der Waals surface area contributed by atoms with Gasteiger partial charge in [-0.25, -0.2) is 0 Å². The summed E-state index contributed by atoms with van der Waals surface area (Å²) in [6.45, 7) is 2.83. The third kappa shape index (κ3) is 6.95. The van der Waals surface area contributed by atoms with Gasteiger partial charge in [0.25, 0.3) is 0 Å². The molecular formula is C20H26N2O3. The highest BCUT2D eigenvalue weighted by Crippen LogP contribution is 2.09. The third-order valence-electron chi connectivity index (χ3n) is 3.99. The van der Waals surface area contributed by atoms with Crippen LogP contribution in [0.1, 0.15) is 29.3 Å². The summed E-state index contributed by atoms with van der Waals surface area (Å²) in [5, 5.41) is 13.3. The second kappa shape index (κ2) is 9.81. The molecule has 5 heteroatoms. The number of carbonyl (C=O) groups excluding carboxylic acids is 1. The van der Waals surface area contributed by atoms with Crippen LogP contribution in [0.3, 0.4) is 0 Å². The van der Waals surface area contributed by atoms with Crippen molar-refractivity contribution in [2.75, 3.05) is 13.2 Å². The van der Waals surface area contributed by atoms with Crippen molar-refractivity contribution in [2.24, 2.45) is 5.73 Å². The maximum Gasteiger partial charge on any atom is 0.248 e. The maximum atomic E-state index is 11.0. The summed E-state index contributed by atoms with van der Waals surface area (Å²) >= 11 is 0. The number of amides is 1. The number of hydrogen-bond donors (Lipinski definition) is 3. The van der Waals surface area contributed by atoms with E-state index in [2.05, 4.69) is 12.2 Å². The van der Waals surface area contributed by atoms with Gasteiger partial charge >= 0.3 is 0 Å². The second-order valence-corrected chi connectivity index (χ2v) is 6.19. The number of aryl methyl sites for hydroxylation is 1. The van der Waals surface area contributed by atoms with Gasteiger partial charge in [0.15, 0.2) is 0 Å². The van der Waals surface area contributed by atoms with Crippen molar-refractivity contribution in [3.8, 4) is 5.75 Å². The van der Waals surface area contributed by atoms with E-state index < -0.39 is 12.0 Å². The van der Waals surface area contributed by atoms with E-state index in [9.17, 15) is 9.90 Å². The van der Waals surface area contributed by atoms with E-state index in [4.69, 9.17) is 10.5 Å². The number of primary amides is 1. The maximum absolute atomic E-state index is 11.0. The molecule has 0 saturated heterocycles. The largest absolute Gasteiger partial charge is 0.491 e. The molecule has 25 heavy (non-hydrogen) atoms. The lowest BCUT2D eigenvalue weighted by Gasteiger charge is -2.17. The summed E-state index contributed by atoms with van der Waals surface area (Å²) in [6.07, 6.45) is 1.27. The monoisotopic (exact) mass is 342 g/mol. The van der Waals surface area contributed by atoms with Crippen LogP contribution in [0.15, 0.2) is 54.6 Å². The Morgan fingerprint density at radius 3 is 2.48 bits per heavy atom. The molecule has 0 heterocycles. The van der Waals surface area contributed by atoms with Gasteiger partial charge in [-0.1, -0.05) is 30.3 Å². The normalized spacial score (nSPS) is 13.2. The highest BCUT2D eigenvalue weighted by Gasteiger charge is 2.09. The molecule has 0 aliphatic carbocycles. The van der Waals surface area contributed by atoms with Gasteiger partial charge in [-0.15, -0.1) is 0 Å². The number of rotatable bonds is 10. The van der Waals surface area contributed by atoms with Crippen molar-refractivity contribution < 1.29 is 14.6 Å². The lowest BCUT2D eigenvalue weighted by Crippen LogP contribution is -2.36. The van der Waals surface area contributed by atoms with Gasteiger partial charge in [0.05, 0.1) is 0 Å². The summed E-state index contributed by atoms with van der Waals surface area (Å²) in [6, 6.07) is 17.1. The van der Waals surface area contributed by atoms with Gasteiger partial charge in [-0.2, -0.15) is 0 Å². The van der Waals surface area contributed by atoms with Gasteiger partial charge in [-0.05, 0) is 49.6 Å². The molecule has 0 bridgehead atoms. The van der Waals surface area contributed by atoms with Crippen LogP contribution < -0.4 is 15.8 Å². The van der Waals surface area contributed by atoms with E-state index in [1.807, 2.05) is 42.5 Å². The summed E-state index contributed by atoms with van der Waals surface area (Å²) in [7, 11) is 0. The van der Waals surface area contributed by atoms with E-state index in [-0.39, 0.29) is 12.6 Å². The van der Waals surface area contributed by atoms with Crippen LogP contribution in [0.2, 0.25) is 0 Å². The average Bonchev–Trinajstić information content (AvgIpc) is 2.64. The Labute approximate surface area is 148 Å². The van der Waals surface area contributed by atoms with Crippen LogP contribution in [-0.4, -0.2) is 36.3 Å². The Kier molecular flexibility index (Phi) is 7.44. The lowest BCUT2D eigenvalue weighted by atomic mass is 10.0. The van der Waals surface area contributed by atoms with Crippen LogP contribution in [0, 0.1) is 0 Å². The van der Waals surface area contributed by atoms with Gasteiger partial charge < -0.3 is 20.9 Å². The molecule has 0 spiro atoms. The van der Waals surface area contributed by atoms with E-state index in [1.165, 1.54) is 0 Å². The molecule has 2 atom stereocenters. The summed E-state index contributed by atoms with van der Waals surface area (Å²) in [5.74, 6) is 0.349. The summed E-state index contributed by atoms with van der Waals surface area (Å²) in [4.78, 5) is 11.0. The molecule has 0 aliphatic rings. The Balaban J connectivity index is 1.64. The topological polar surface area (TPSA) is 84.6 Å². The number of nitrogens with two attached hydrogens (primary N) is 1. The molecule has 0 aromatic heterocycles. The van der Waals surface area contributed by atoms with Crippen LogP contribution in [0.25, 0.3) is 0 Å². The average molecular weight is 342 g/mol. The number of hydrogen-bond acceptors (Lipinski definition) is 4. The molecule has 5 nitrogen and oxygen atoms in total. The van der Waals surface area contributed by atoms with Crippen molar-refractivity contribution in [1.82, 2.24) is 5.32 Å². The number of ether oxygens (including phenoxy) is 1. The van der Waals surface area contributed by atoms with Gasteiger partial charge in [0, 0.05) is 18.2 Å². The summed E-state index contributed by atoms with van der Waals surface area (Å²) < 4.78 is 5.53. The van der Waals surface area contributed by atoms with Crippen molar-refractivity contribution in [3.63, 3.8) is 0 Å². The molecular weight excluding hydrogens is 316 g/mol.